The molecule has 0 spiro atoms. The number of benzene rings is 1. The van der Waals surface area contributed by atoms with Crippen LogP contribution in [0.5, 0.6) is 0 Å². The SMILES string of the molecule is CCN(C(=O)CC(=O)Nc1ccc(C(F)(F)F)cc1)C1CCS(=O)(=O)C1. The van der Waals surface area contributed by atoms with Crippen molar-refractivity contribution in [2.24, 2.45) is 0 Å². The molecule has 1 aliphatic heterocycles. The molecule has 1 saturated heterocycles. The summed E-state index contributed by atoms with van der Waals surface area (Å²) >= 11 is 0. The Labute approximate surface area is 149 Å². The van der Waals surface area contributed by atoms with Crippen molar-refractivity contribution in [3.63, 3.8) is 0 Å². The second-order valence-corrected chi connectivity index (χ2v) is 8.27. The first-order valence-electron chi connectivity index (χ1n) is 7.99. The molecular weight excluding hydrogens is 373 g/mol. The van der Waals surface area contributed by atoms with Crippen molar-refractivity contribution in [3.8, 4) is 0 Å². The van der Waals surface area contributed by atoms with E-state index in [1.165, 1.54) is 4.90 Å². The highest BCUT2D eigenvalue weighted by Gasteiger charge is 2.34. The second kappa shape index (κ2) is 7.65. The van der Waals surface area contributed by atoms with Crippen LogP contribution in [0.4, 0.5) is 18.9 Å². The standard InChI is InChI=1S/C16H19F3N2O4S/c1-2-21(13-7-8-26(24,25)10-13)15(23)9-14(22)20-12-5-3-11(4-6-12)16(17,18)19/h3-6,13H,2,7-10H2,1H3,(H,20,22). The third-order valence-corrected chi connectivity index (χ3v) is 5.87. The molecule has 144 valence electrons. The van der Waals surface area contributed by atoms with E-state index in [0.29, 0.717) is 6.42 Å². The highest BCUT2D eigenvalue weighted by molar-refractivity contribution is 7.91. The molecule has 1 aromatic carbocycles. The predicted octanol–water partition coefficient (Wildman–Crippen LogP) is 2.07. The van der Waals surface area contributed by atoms with Gasteiger partial charge >= 0.3 is 6.18 Å². The lowest BCUT2D eigenvalue weighted by Gasteiger charge is -2.26. The number of carbonyl (C=O) groups excluding carboxylic acids is 2. The van der Waals surface area contributed by atoms with Gasteiger partial charge in [-0.05, 0) is 37.6 Å². The highest BCUT2D eigenvalue weighted by Crippen LogP contribution is 2.29. The van der Waals surface area contributed by atoms with Gasteiger partial charge in [-0.25, -0.2) is 8.42 Å². The molecule has 0 saturated carbocycles. The Bertz CT molecular complexity index is 776. The van der Waals surface area contributed by atoms with Crippen LogP contribution in [-0.4, -0.2) is 49.2 Å². The molecule has 0 radical (unpaired) electrons. The molecule has 1 fully saturated rings. The van der Waals surface area contributed by atoms with Gasteiger partial charge in [-0.3, -0.25) is 9.59 Å². The van der Waals surface area contributed by atoms with Crippen LogP contribution in [0.2, 0.25) is 0 Å². The summed E-state index contributed by atoms with van der Waals surface area (Å²) in [5.74, 6) is -1.29. The summed E-state index contributed by atoms with van der Waals surface area (Å²) in [7, 11) is -3.16. The molecule has 1 aliphatic rings. The van der Waals surface area contributed by atoms with E-state index >= 15 is 0 Å². The van der Waals surface area contributed by atoms with E-state index in [4.69, 9.17) is 0 Å². The third-order valence-electron chi connectivity index (χ3n) is 4.12. The molecule has 1 aromatic rings. The van der Waals surface area contributed by atoms with Crippen molar-refractivity contribution in [3.05, 3.63) is 29.8 Å². The van der Waals surface area contributed by atoms with Crippen LogP contribution in [0.1, 0.15) is 25.3 Å². The Morgan fingerprint density at radius 1 is 1.23 bits per heavy atom. The number of amides is 2. The quantitative estimate of drug-likeness (QED) is 0.778. The summed E-state index contributed by atoms with van der Waals surface area (Å²) in [6, 6.07) is 3.42. The maximum Gasteiger partial charge on any atom is 0.416 e. The number of hydrogen-bond donors (Lipinski definition) is 1. The number of alkyl halides is 3. The maximum absolute atomic E-state index is 12.5. The summed E-state index contributed by atoms with van der Waals surface area (Å²) in [6.45, 7) is 1.96. The monoisotopic (exact) mass is 392 g/mol. The van der Waals surface area contributed by atoms with E-state index in [1.54, 1.807) is 6.92 Å². The Morgan fingerprint density at radius 3 is 2.31 bits per heavy atom. The van der Waals surface area contributed by atoms with E-state index < -0.39 is 45.9 Å². The van der Waals surface area contributed by atoms with Gasteiger partial charge in [-0.2, -0.15) is 13.2 Å². The van der Waals surface area contributed by atoms with Crippen LogP contribution in [0.15, 0.2) is 24.3 Å². The van der Waals surface area contributed by atoms with Gasteiger partial charge in [0.1, 0.15) is 6.42 Å². The first-order valence-corrected chi connectivity index (χ1v) is 9.81. The van der Waals surface area contributed by atoms with Crippen LogP contribution in [0.3, 0.4) is 0 Å². The number of sulfone groups is 1. The fourth-order valence-corrected chi connectivity index (χ4v) is 4.58. The molecule has 1 unspecified atom stereocenters. The van der Waals surface area contributed by atoms with Crippen LogP contribution < -0.4 is 5.32 Å². The number of nitrogens with zero attached hydrogens (tertiary/aromatic N) is 1. The average molecular weight is 392 g/mol. The Morgan fingerprint density at radius 2 is 1.85 bits per heavy atom. The van der Waals surface area contributed by atoms with Gasteiger partial charge < -0.3 is 10.2 Å². The highest BCUT2D eigenvalue weighted by atomic mass is 32.2. The number of rotatable bonds is 5. The van der Waals surface area contributed by atoms with E-state index in [1.807, 2.05) is 0 Å². The summed E-state index contributed by atoms with van der Waals surface area (Å²) in [4.78, 5) is 25.6. The second-order valence-electron chi connectivity index (χ2n) is 6.04. The number of carbonyl (C=O) groups is 2. The van der Waals surface area contributed by atoms with Crippen molar-refractivity contribution >= 4 is 27.3 Å². The normalized spacial score (nSPS) is 19.2. The lowest BCUT2D eigenvalue weighted by molar-refractivity contribution is -0.138. The van der Waals surface area contributed by atoms with Crippen molar-refractivity contribution in [1.29, 1.82) is 0 Å². The zero-order chi connectivity index (χ0) is 19.5. The zero-order valence-electron chi connectivity index (χ0n) is 14.0. The van der Waals surface area contributed by atoms with Crippen LogP contribution in [0.25, 0.3) is 0 Å². The van der Waals surface area contributed by atoms with Crippen LogP contribution in [0, 0.1) is 0 Å². The van der Waals surface area contributed by atoms with Crippen molar-refractivity contribution in [2.75, 3.05) is 23.4 Å². The van der Waals surface area contributed by atoms with E-state index in [9.17, 15) is 31.2 Å². The number of nitrogens with one attached hydrogen (secondary N) is 1. The number of hydrogen-bond acceptors (Lipinski definition) is 4. The molecule has 2 amide bonds. The van der Waals surface area contributed by atoms with E-state index in [0.717, 1.165) is 24.3 Å². The molecule has 0 aromatic heterocycles. The van der Waals surface area contributed by atoms with Gasteiger partial charge in [0.05, 0.1) is 17.1 Å². The van der Waals surface area contributed by atoms with E-state index in [2.05, 4.69) is 5.32 Å². The van der Waals surface area contributed by atoms with Gasteiger partial charge in [0.2, 0.25) is 11.8 Å². The smallest absolute Gasteiger partial charge is 0.338 e. The average Bonchev–Trinajstić information content (AvgIpc) is 2.87. The number of anilines is 1. The number of halogens is 3. The Balaban J connectivity index is 1.95. The molecule has 1 heterocycles. The fraction of sp³-hybridized carbons (Fsp3) is 0.500. The first kappa shape index (κ1) is 20.2. The summed E-state index contributed by atoms with van der Waals surface area (Å²) in [5.41, 5.74) is -0.700. The molecule has 1 N–H and O–H groups in total. The molecule has 2 rings (SSSR count). The largest absolute Gasteiger partial charge is 0.416 e. The molecule has 0 aliphatic carbocycles. The Hall–Kier alpha value is -2.10. The van der Waals surface area contributed by atoms with Gasteiger partial charge in [0.15, 0.2) is 9.84 Å². The minimum absolute atomic E-state index is 0.0131. The third kappa shape index (κ3) is 5.20. The Kier molecular flexibility index (Phi) is 5.94. The summed E-state index contributed by atoms with van der Waals surface area (Å²) < 4.78 is 60.6. The minimum atomic E-state index is -4.47. The summed E-state index contributed by atoms with van der Waals surface area (Å²) in [5, 5.41) is 2.37. The van der Waals surface area contributed by atoms with Crippen molar-refractivity contribution in [2.45, 2.75) is 32.0 Å². The van der Waals surface area contributed by atoms with E-state index in [-0.39, 0.29) is 23.7 Å². The first-order chi connectivity index (χ1) is 12.0. The maximum atomic E-state index is 12.5. The lowest BCUT2D eigenvalue weighted by Crippen LogP contribution is -2.42. The van der Waals surface area contributed by atoms with Gasteiger partial charge in [0.25, 0.3) is 0 Å². The fourth-order valence-electron chi connectivity index (χ4n) is 2.85. The molecule has 6 nitrogen and oxygen atoms in total. The molecule has 0 bridgehead atoms. The molecule has 26 heavy (non-hydrogen) atoms. The molecule has 1 atom stereocenters. The van der Waals surface area contributed by atoms with Crippen molar-refractivity contribution < 1.29 is 31.2 Å². The van der Waals surface area contributed by atoms with Crippen molar-refractivity contribution in [1.82, 2.24) is 4.90 Å². The lowest BCUT2D eigenvalue weighted by atomic mass is 10.2. The molecular formula is C16H19F3N2O4S. The predicted molar refractivity (Wildman–Crippen MR) is 89.1 cm³/mol. The topological polar surface area (TPSA) is 83.6 Å². The molecule has 10 heteroatoms. The minimum Gasteiger partial charge on any atom is -0.338 e. The van der Waals surface area contributed by atoms with Crippen LogP contribution >= 0.6 is 0 Å². The van der Waals surface area contributed by atoms with Crippen LogP contribution in [-0.2, 0) is 25.6 Å². The van der Waals surface area contributed by atoms with Gasteiger partial charge in [-0.15, -0.1) is 0 Å². The van der Waals surface area contributed by atoms with Gasteiger partial charge in [0, 0.05) is 18.3 Å². The zero-order valence-corrected chi connectivity index (χ0v) is 14.9. The summed E-state index contributed by atoms with van der Waals surface area (Å²) in [6.07, 6.45) is -4.64. The van der Waals surface area contributed by atoms with Gasteiger partial charge in [-0.1, -0.05) is 0 Å².